The van der Waals surface area contributed by atoms with Crippen LogP contribution in [-0.4, -0.2) is 60.1 Å². The normalized spacial score (nSPS) is 20.3. The second kappa shape index (κ2) is 6.53. The van der Waals surface area contributed by atoms with E-state index in [1.54, 1.807) is 6.20 Å². The van der Waals surface area contributed by atoms with Gasteiger partial charge in [0.15, 0.2) is 0 Å². The topological polar surface area (TPSA) is 35.8 Å². The van der Waals surface area contributed by atoms with Crippen molar-refractivity contribution in [2.75, 3.05) is 44.2 Å². The number of hydrogen-bond acceptors (Lipinski definition) is 5. The van der Waals surface area contributed by atoms with Crippen molar-refractivity contribution in [2.24, 2.45) is 0 Å². The fourth-order valence-corrected chi connectivity index (χ4v) is 3.57. The van der Waals surface area contributed by atoms with Gasteiger partial charge in [0.05, 0.1) is 12.7 Å². The molecule has 0 unspecified atom stereocenters. The van der Waals surface area contributed by atoms with Gasteiger partial charge in [-0.1, -0.05) is 0 Å². The zero-order valence-corrected chi connectivity index (χ0v) is 14.0. The lowest BCUT2D eigenvalue weighted by Crippen LogP contribution is -2.62. The van der Waals surface area contributed by atoms with E-state index < -0.39 is 0 Å². The molecule has 128 valence electrons. The van der Waals surface area contributed by atoms with Crippen molar-refractivity contribution in [2.45, 2.75) is 19.5 Å². The molecule has 2 saturated heterocycles. The average Bonchev–Trinajstić information content (AvgIpc) is 2.97. The molecule has 0 bridgehead atoms. The van der Waals surface area contributed by atoms with Crippen LogP contribution in [0.3, 0.4) is 0 Å². The molecule has 2 aliphatic rings. The Morgan fingerprint density at radius 3 is 2.46 bits per heavy atom. The first kappa shape index (κ1) is 15.6. The fourth-order valence-electron chi connectivity index (χ4n) is 3.57. The molecule has 24 heavy (non-hydrogen) atoms. The Morgan fingerprint density at radius 1 is 1.12 bits per heavy atom. The molecule has 0 atom stereocenters. The van der Waals surface area contributed by atoms with Gasteiger partial charge in [0.2, 0.25) is 5.89 Å². The first-order valence-corrected chi connectivity index (χ1v) is 8.55. The number of rotatable bonds is 4. The predicted octanol–water partition coefficient (Wildman–Crippen LogP) is 2.13. The summed E-state index contributed by atoms with van der Waals surface area (Å²) in [6.45, 7) is 9.02. The summed E-state index contributed by atoms with van der Waals surface area (Å²) in [5.41, 5.74) is 1.12. The lowest BCUT2D eigenvalue weighted by molar-refractivity contribution is 0.0206. The van der Waals surface area contributed by atoms with E-state index >= 15 is 0 Å². The number of aromatic nitrogens is 1. The Balaban J connectivity index is 1.23. The van der Waals surface area contributed by atoms with Crippen molar-refractivity contribution in [1.82, 2.24) is 14.8 Å². The van der Waals surface area contributed by atoms with Crippen molar-refractivity contribution in [3.05, 3.63) is 47.9 Å². The molecular weight excluding hydrogens is 307 g/mol. The van der Waals surface area contributed by atoms with Crippen LogP contribution in [0.15, 0.2) is 34.9 Å². The molecule has 0 radical (unpaired) electrons. The van der Waals surface area contributed by atoms with E-state index in [0.29, 0.717) is 6.04 Å². The third kappa shape index (κ3) is 3.30. The third-order valence-corrected chi connectivity index (χ3v) is 4.99. The Hall–Kier alpha value is -1.92. The Morgan fingerprint density at radius 2 is 1.83 bits per heavy atom. The minimum Gasteiger partial charge on any atom is -0.445 e. The predicted molar refractivity (Wildman–Crippen MR) is 90.5 cm³/mol. The number of piperazine rings is 1. The van der Waals surface area contributed by atoms with Crippen LogP contribution in [0.1, 0.15) is 11.7 Å². The molecule has 3 heterocycles. The van der Waals surface area contributed by atoms with Crippen molar-refractivity contribution >= 4 is 5.69 Å². The molecule has 2 fully saturated rings. The van der Waals surface area contributed by atoms with Crippen LogP contribution in [-0.2, 0) is 6.54 Å². The zero-order chi connectivity index (χ0) is 16.5. The number of benzene rings is 1. The Kier molecular flexibility index (Phi) is 4.24. The van der Waals surface area contributed by atoms with Gasteiger partial charge in [0.25, 0.3) is 0 Å². The molecule has 4 rings (SSSR count). The van der Waals surface area contributed by atoms with Gasteiger partial charge in [-0.05, 0) is 31.2 Å². The Bertz CT molecular complexity index is 673. The lowest BCUT2D eigenvalue weighted by atomic mass is 10.1. The standard InChI is InChI=1S/C18H23FN4O/c1-14-10-20-18(24-14)13-21-11-17(12-21)23-8-6-22(7-9-23)16-4-2-15(19)3-5-16/h2-5,10,17H,6-9,11-13H2,1H3. The smallest absolute Gasteiger partial charge is 0.208 e. The molecule has 5 nitrogen and oxygen atoms in total. The monoisotopic (exact) mass is 330 g/mol. The molecule has 0 aliphatic carbocycles. The molecule has 1 aromatic heterocycles. The summed E-state index contributed by atoms with van der Waals surface area (Å²) in [5.74, 6) is 1.51. The van der Waals surface area contributed by atoms with E-state index in [0.717, 1.165) is 63.2 Å². The SMILES string of the molecule is Cc1cnc(CN2CC(N3CCN(c4ccc(F)cc4)CC3)C2)o1. The quantitative estimate of drug-likeness (QED) is 0.858. The maximum Gasteiger partial charge on any atom is 0.208 e. The van der Waals surface area contributed by atoms with Gasteiger partial charge in [-0.2, -0.15) is 0 Å². The van der Waals surface area contributed by atoms with Gasteiger partial charge in [-0.3, -0.25) is 9.80 Å². The van der Waals surface area contributed by atoms with Crippen LogP contribution < -0.4 is 4.90 Å². The molecule has 2 aliphatic heterocycles. The maximum atomic E-state index is 13.0. The first-order valence-electron chi connectivity index (χ1n) is 8.55. The molecule has 0 N–H and O–H groups in total. The largest absolute Gasteiger partial charge is 0.445 e. The van der Waals surface area contributed by atoms with Crippen molar-refractivity contribution < 1.29 is 8.81 Å². The lowest BCUT2D eigenvalue weighted by Gasteiger charge is -2.48. The third-order valence-electron chi connectivity index (χ3n) is 4.99. The molecule has 6 heteroatoms. The number of anilines is 1. The minimum absolute atomic E-state index is 0.173. The van der Waals surface area contributed by atoms with Gasteiger partial charge >= 0.3 is 0 Å². The number of halogens is 1. The second-order valence-electron chi connectivity index (χ2n) is 6.71. The highest BCUT2D eigenvalue weighted by molar-refractivity contribution is 5.46. The van der Waals surface area contributed by atoms with E-state index in [2.05, 4.69) is 19.7 Å². The maximum absolute atomic E-state index is 13.0. The summed E-state index contributed by atoms with van der Waals surface area (Å²) in [4.78, 5) is 11.5. The van der Waals surface area contributed by atoms with Crippen molar-refractivity contribution in [3.8, 4) is 0 Å². The van der Waals surface area contributed by atoms with Crippen LogP contribution in [0.5, 0.6) is 0 Å². The van der Waals surface area contributed by atoms with E-state index in [9.17, 15) is 4.39 Å². The van der Waals surface area contributed by atoms with E-state index in [4.69, 9.17) is 4.42 Å². The van der Waals surface area contributed by atoms with Crippen LogP contribution in [0.25, 0.3) is 0 Å². The summed E-state index contributed by atoms with van der Waals surface area (Å²) in [5, 5.41) is 0. The van der Waals surface area contributed by atoms with E-state index in [1.165, 1.54) is 12.1 Å². The molecule has 1 aromatic carbocycles. The summed E-state index contributed by atoms with van der Waals surface area (Å²) in [6, 6.07) is 7.45. The summed E-state index contributed by atoms with van der Waals surface area (Å²) < 4.78 is 18.6. The summed E-state index contributed by atoms with van der Waals surface area (Å²) in [7, 11) is 0. The van der Waals surface area contributed by atoms with E-state index in [1.807, 2.05) is 19.1 Å². The van der Waals surface area contributed by atoms with Gasteiger partial charge in [-0.25, -0.2) is 9.37 Å². The Labute approximate surface area is 141 Å². The van der Waals surface area contributed by atoms with Crippen LogP contribution >= 0.6 is 0 Å². The highest BCUT2D eigenvalue weighted by atomic mass is 19.1. The second-order valence-corrected chi connectivity index (χ2v) is 6.71. The highest BCUT2D eigenvalue weighted by Gasteiger charge is 2.34. The fraction of sp³-hybridized carbons (Fsp3) is 0.500. The van der Waals surface area contributed by atoms with Crippen molar-refractivity contribution in [3.63, 3.8) is 0 Å². The molecule has 2 aromatic rings. The number of hydrogen-bond donors (Lipinski definition) is 0. The van der Waals surface area contributed by atoms with Crippen LogP contribution in [0.2, 0.25) is 0 Å². The van der Waals surface area contributed by atoms with Crippen molar-refractivity contribution in [1.29, 1.82) is 0 Å². The average molecular weight is 330 g/mol. The van der Waals surface area contributed by atoms with Gasteiger partial charge in [-0.15, -0.1) is 0 Å². The molecular formula is C18H23FN4O. The number of oxazole rings is 1. The molecule has 0 spiro atoms. The molecule has 0 amide bonds. The van der Waals surface area contributed by atoms with Gasteiger partial charge in [0.1, 0.15) is 11.6 Å². The number of nitrogens with zero attached hydrogens (tertiary/aromatic N) is 4. The number of aryl methyl sites for hydroxylation is 1. The van der Waals surface area contributed by atoms with Gasteiger partial charge in [0, 0.05) is 51.0 Å². The zero-order valence-electron chi connectivity index (χ0n) is 14.0. The van der Waals surface area contributed by atoms with Crippen LogP contribution in [0, 0.1) is 12.7 Å². The molecule has 0 saturated carbocycles. The summed E-state index contributed by atoms with van der Waals surface area (Å²) >= 11 is 0. The minimum atomic E-state index is -0.173. The highest BCUT2D eigenvalue weighted by Crippen LogP contribution is 2.22. The summed E-state index contributed by atoms with van der Waals surface area (Å²) in [6.07, 6.45) is 1.78. The van der Waals surface area contributed by atoms with Gasteiger partial charge < -0.3 is 9.32 Å². The first-order chi connectivity index (χ1) is 11.7. The van der Waals surface area contributed by atoms with Crippen LogP contribution in [0.4, 0.5) is 10.1 Å². The number of likely N-dealkylation sites (tertiary alicyclic amines) is 1. The van der Waals surface area contributed by atoms with E-state index in [-0.39, 0.29) is 5.82 Å².